The number of rotatable bonds is 4. The van der Waals surface area contributed by atoms with Crippen molar-refractivity contribution in [3.05, 3.63) is 102 Å². The van der Waals surface area contributed by atoms with Crippen molar-refractivity contribution < 1.29 is 0 Å². The van der Waals surface area contributed by atoms with Crippen molar-refractivity contribution in [2.24, 2.45) is 0 Å². The minimum absolute atomic E-state index is 0.161. The highest BCUT2D eigenvalue weighted by Crippen LogP contribution is 2.26. The molecule has 1 nitrogen and oxygen atoms in total. The van der Waals surface area contributed by atoms with Gasteiger partial charge in [-0.1, -0.05) is 78.4 Å². The number of hydrogen-bond donors (Lipinski definition) is 1. The van der Waals surface area contributed by atoms with Gasteiger partial charge in [-0.3, -0.25) is 0 Å². The molecule has 1 N–H and O–H groups in total. The predicted octanol–water partition coefficient (Wildman–Crippen LogP) is 5.20. The van der Waals surface area contributed by atoms with Crippen LogP contribution in [0.4, 0.5) is 5.69 Å². The molecular formula is C20H19N. The van der Waals surface area contributed by atoms with Crippen molar-refractivity contribution in [1.82, 2.24) is 0 Å². The van der Waals surface area contributed by atoms with Gasteiger partial charge in [0, 0.05) is 5.69 Å². The van der Waals surface area contributed by atoms with Gasteiger partial charge < -0.3 is 5.32 Å². The summed E-state index contributed by atoms with van der Waals surface area (Å²) in [6.07, 6.45) is 0. The normalized spacial score (nSPS) is 11.9. The first-order valence-corrected chi connectivity index (χ1v) is 7.26. The lowest BCUT2D eigenvalue weighted by atomic mass is 9.97. The number of nitrogens with one attached hydrogen (secondary N) is 1. The molecule has 3 aromatic rings. The smallest absolute Gasteiger partial charge is 0.0767 e. The van der Waals surface area contributed by atoms with Gasteiger partial charge in [0.05, 0.1) is 6.04 Å². The Morgan fingerprint density at radius 1 is 0.619 bits per heavy atom. The third-order valence-corrected chi connectivity index (χ3v) is 3.63. The van der Waals surface area contributed by atoms with Gasteiger partial charge in [-0.05, 0) is 30.2 Å². The lowest BCUT2D eigenvalue weighted by Gasteiger charge is -2.21. The SMILES string of the molecule is Cc1ccc(C(Nc2ccccc2)c2ccccc2)cc1. The molecule has 0 aliphatic heterocycles. The van der Waals surface area contributed by atoms with Gasteiger partial charge in [0.2, 0.25) is 0 Å². The average molecular weight is 273 g/mol. The fourth-order valence-corrected chi connectivity index (χ4v) is 2.46. The van der Waals surface area contributed by atoms with Gasteiger partial charge in [0.15, 0.2) is 0 Å². The van der Waals surface area contributed by atoms with E-state index < -0.39 is 0 Å². The van der Waals surface area contributed by atoms with E-state index in [-0.39, 0.29) is 6.04 Å². The van der Waals surface area contributed by atoms with Crippen LogP contribution in [0.15, 0.2) is 84.9 Å². The van der Waals surface area contributed by atoms with Gasteiger partial charge in [0.25, 0.3) is 0 Å². The summed E-state index contributed by atoms with van der Waals surface area (Å²) in [6, 6.07) is 29.8. The van der Waals surface area contributed by atoms with E-state index in [0.29, 0.717) is 0 Å². The van der Waals surface area contributed by atoms with E-state index in [0.717, 1.165) is 5.69 Å². The van der Waals surface area contributed by atoms with Gasteiger partial charge >= 0.3 is 0 Å². The summed E-state index contributed by atoms with van der Waals surface area (Å²) < 4.78 is 0. The number of aryl methyl sites for hydroxylation is 1. The van der Waals surface area contributed by atoms with E-state index in [2.05, 4.69) is 91.1 Å². The Balaban J connectivity index is 1.97. The zero-order chi connectivity index (χ0) is 14.5. The highest BCUT2D eigenvalue weighted by molar-refractivity contribution is 5.49. The van der Waals surface area contributed by atoms with Crippen molar-refractivity contribution in [2.45, 2.75) is 13.0 Å². The second kappa shape index (κ2) is 6.27. The highest BCUT2D eigenvalue weighted by atomic mass is 14.9. The van der Waals surface area contributed by atoms with E-state index in [1.54, 1.807) is 0 Å². The zero-order valence-electron chi connectivity index (χ0n) is 12.2. The van der Waals surface area contributed by atoms with E-state index >= 15 is 0 Å². The van der Waals surface area contributed by atoms with Crippen LogP contribution in [-0.4, -0.2) is 0 Å². The first-order chi connectivity index (χ1) is 10.3. The predicted molar refractivity (Wildman–Crippen MR) is 89.5 cm³/mol. The molecule has 0 saturated heterocycles. The number of hydrogen-bond acceptors (Lipinski definition) is 1. The zero-order valence-corrected chi connectivity index (χ0v) is 12.2. The number of benzene rings is 3. The third kappa shape index (κ3) is 3.32. The van der Waals surface area contributed by atoms with Crippen LogP contribution in [0.2, 0.25) is 0 Å². The van der Waals surface area contributed by atoms with E-state index in [1.165, 1.54) is 16.7 Å². The number of para-hydroxylation sites is 1. The molecule has 1 atom stereocenters. The second-order valence-corrected chi connectivity index (χ2v) is 5.26. The topological polar surface area (TPSA) is 12.0 Å². The van der Waals surface area contributed by atoms with Gasteiger partial charge in [0.1, 0.15) is 0 Å². The molecule has 0 saturated carbocycles. The van der Waals surface area contributed by atoms with Crippen LogP contribution in [0.25, 0.3) is 0 Å². The summed E-state index contributed by atoms with van der Waals surface area (Å²) >= 11 is 0. The molecule has 21 heavy (non-hydrogen) atoms. The number of anilines is 1. The summed E-state index contributed by atoms with van der Waals surface area (Å²) in [5.74, 6) is 0. The summed E-state index contributed by atoms with van der Waals surface area (Å²) in [4.78, 5) is 0. The molecule has 0 radical (unpaired) electrons. The van der Waals surface area contributed by atoms with Gasteiger partial charge in [-0.15, -0.1) is 0 Å². The Morgan fingerprint density at radius 2 is 1.14 bits per heavy atom. The Hall–Kier alpha value is -2.54. The lowest BCUT2D eigenvalue weighted by Crippen LogP contribution is -2.12. The van der Waals surface area contributed by atoms with Crippen LogP contribution in [0.5, 0.6) is 0 Å². The standard InChI is InChI=1S/C20H19N/c1-16-12-14-18(15-13-16)20(17-8-4-2-5-9-17)21-19-10-6-3-7-11-19/h2-15,20-21H,1H3. The maximum Gasteiger partial charge on any atom is 0.0767 e. The Labute approximate surface area is 126 Å². The molecule has 0 spiro atoms. The molecule has 0 aliphatic carbocycles. The van der Waals surface area contributed by atoms with E-state index in [9.17, 15) is 0 Å². The average Bonchev–Trinajstić information content (AvgIpc) is 2.55. The quantitative estimate of drug-likeness (QED) is 0.689. The summed E-state index contributed by atoms with van der Waals surface area (Å²) in [7, 11) is 0. The van der Waals surface area contributed by atoms with Crippen molar-refractivity contribution in [1.29, 1.82) is 0 Å². The molecule has 104 valence electrons. The fraction of sp³-hybridized carbons (Fsp3) is 0.100. The van der Waals surface area contributed by atoms with Crippen molar-refractivity contribution in [3.8, 4) is 0 Å². The molecule has 1 unspecified atom stereocenters. The monoisotopic (exact) mass is 273 g/mol. The fourth-order valence-electron chi connectivity index (χ4n) is 2.46. The van der Waals surface area contributed by atoms with E-state index in [4.69, 9.17) is 0 Å². The maximum atomic E-state index is 3.63. The third-order valence-electron chi connectivity index (χ3n) is 3.63. The van der Waals surface area contributed by atoms with Crippen LogP contribution in [0.1, 0.15) is 22.7 Å². The molecule has 0 heterocycles. The van der Waals surface area contributed by atoms with E-state index in [1.807, 2.05) is 6.07 Å². The Bertz CT molecular complexity index is 672. The summed E-state index contributed by atoms with van der Waals surface area (Å²) in [6.45, 7) is 2.12. The molecule has 3 rings (SSSR count). The van der Waals surface area contributed by atoms with Crippen molar-refractivity contribution >= 4 is 5.69 Å². The van der Waals surface area contributed by atoms with Gasteiger partial charge in [-0.2, -0.15) is 0 Å². The molecule has 0 bridgehead atoms. The molecule has 0 fully saturated rings. The molecule has 0 aliphatic rings. The molecule has 1 heteroatoms. The molecular weight excluding hydrogens is 254 g/mol. The van der Waals surface area contributed by atoms with Gasteiger partial charge in [-0.25, -0.2) is 0 Å². The lowest BCUT2D eigenvalue weighted by molar-refractivity contribution is 0.938. The largest absolute Gasteiger partial charge is 0.374 e. The minimum Gasteiger partial charge on any atom is -0.374 e. The van der Waals surface area contributed by atoms with Crippen molar-refractivity contribution in [3.63, 3.8) is 0 Å². The molecule has 3 aromatic carbocycles. The first kappa shape index (κ1) is 13.4. The van der Waals surface area contributed by atoms with Crippen LogP contribution in [-0.2, 0) is 0 Å². The molecule has 0 amide bonds. The maximum absolute atomic E-state index is 3.63. The summed E-state index contributed by atoms with van der Waals surface area (Å²) in [5.41, 5.74) is 4.96. The molecule has 0 aromatic heterocycles. The van der Waals surface area contributed by atoms with Crippen LogP contribution < -0.4 is 5.32 Å². The van der Waals surface area contributed by atoms with Crippen molar-refractivity contribution in [2.75, 3.05) is 5.32 Å². The van der Waals surface area contributed by atoms with Crippen LogP contribution >= 0.6 is 0 Å². The van der Waals surface area contributed by atoms with Crippen LogP contribution in [0.3, 0.4) is 0 Å². The van der Waals surface area contributed by atoms with Crippen LogP contribution in [0, 0.1) is 6.92 Å². The highest BCUT2D eigenvalue weighted by Gasteiger charge is 2.13. The summed E-state index contributed by atoms with van der Waals surface area (Å²) in [5, 5.41) is 3.63. The second-order valence-electron chi connectivity index (χ2n) is 5.26. The Morgan fingerprint density at radius 3 is 1.76 bits per heavy atom. The minimum atomic E-state index is 0.161. The Kier molecular flexibility index (Phi) is 4.02. The first-order valence-electron chi connectivity index (χ1n) is 7.26.